The molecule has 5 nitrogen and oxygen atoms in total. The molecule has 2 aromatic heterocycles. The van der Waals surface area contributed by atoms with Crippen molar-refractivity contribution in [1.82, 2.24) is 19.2 Å². The summed E-state index contributed by atoms with van der Waals surface area (Å²) in [6, 6.07) is 7.53. The van der Waals surface area contributed by atoms with Gasteiger partial charge in [-0.05, 0) is 25.0 Å². The number of hydrogen-bond donors (Lipinski definition) is 0. The largest absolute Gasteiger partial charge is 0.310 e. The summed E-state index contributed by atoms with van der Waals surface area (Å²) in [5.74, 6) is 1.22. The van der Waals surface area contributed by atoms with Gasteiger partial charge in [0.15, 0.2) is 0 Å². The smallest absolute Gasteiger partial charge is 0.283 e. The maximum atomic E-state index is 12.3. The predicted octanol–water partition coefficient (Wildman–Crippen LogP) is 2.06. The maximum absolute atomic E-state index is 12.3. The molecule has 98 valence electrons. The monoisotopic (exact) mass is 276 g/mol. The van der Waals surface area contributed by atoms with Gasteiger partial charge in [0.05, 0.1) is 10.9 Å². The van der Waals surface area contributed by atoms with Gasteiger partial charge in [-0.1, -0.05) is 12.1 Å². The van der Waals surface area contributed by atoms with Crippen molar-refractivity contribution < 1.29 is 0 Å². The van der Waals surface area contributed by atoms with Crippen molar-refractivity contribution >= 4 is 28.3 Å². The Morgan fingerprint density at radius 2 is 2.05 bits per heavy atom. The number of rotatable bonds is 4. The van der Waals surface area contributed by atoms with Crippen molar-refractivity contribution in [3.63, 3.8) is 0 Å². The molecular weight excluding hydrogens is 264 g/mol. The van der Waals surface area contributed by atoms with Gasteiger partial charge in [-0.25, -0.2) is 0 Å². The Bertz CT molecular complexity index is 777. The van der Waals surface area contributed by atoms with Crippen LogP contribution in [0, 0.1) is 0 Å². The zero-order valence-corrected chi connectivity index (χ0v) is 11.0. The maximum Gasteiger partial charge on any atom is 0.283 e. The second-order valence-electron chi connectivity index (χ2n) is 4.34. The number of nitrogens with zero attached hydrogens (tertiary/aromatic N) is 4. The molecule has 0 amide bonds. The first-order valence-electron chi connectivity index (χ1n) is 6.20. The molecule has 0 saturated heterocycles. The number of fused-ring (bicyclic) bond motifs is 2. The molecule has 6 heteroatoms. The van der Waals surface area contributed by atoms with E-state index in [0.29, 0.717) is 17.0 Å². The molecule has 0 aliphatic heterocycles. The van der Waals surface area contributed by atoms with Crippen LogP contribution < -0.4 is 5.56 Å². The molecule has 0 fully saturated rings. The van der Waals surface area contributed by atoms with E-state index in [1.54, 1.807) is 0 Å². The quantitative estimate of drug-likeness (QED) is 0.541. The number of halogens is 1. The highest BCUT2D eigenvalue weighted by atomic mass is 35.5. The fourth-order valence-electron chi connectivity index (χ4n) is 2.26. The molecule has 2 heterocycles. The van der Waals surface area contributed by atoms with E-state index < -0.39 is 0 Å². The van der Waals surface area contributed by atoms with Crippen LogP contribution in [0.3, 0.4) is 0 Å². The van der Waals surface area contributed by atoms with Gasteiger partial charge in [-0.3, -0.25) is 4.79 Å². The highest BCUT2D eigenvalue weighted by Gasteiger charge is 2.11. The number of aromatic nitrogens is 4. The molecule has 0 unspecified atom stereocenters. The van der Waals surface area contributed by atoms with E-state index in [9.17, 15) is 4.79 Å². The fraction of sp³-hybridized carbons (Fsp3) is 0.308. The van der Waals surface area contributed by atoms with Gasteiger partial charge < -0.3 is 4.57 Å². The number of unbranched alkanes of at least 4 members (excludes halogenated alkanes) is 1. The van der Waals surface area contributed by atoms with Crippen molar-refractivity contribution in [2.75, 3.05) is 5.88 Å². The third-order valence-corrected chi connectivity index (χ3v) is 3.42. The zero-order chi connectivity index (χ0) is 13.2. The van der Waals surface area contributed by atoms with Crippen molar-refractivity contribution in [2.45, 2.75) is 19.4 Å². The molecule has 0 N–H and O–H groups in total. The Hall–Kier alpha value is -1.88. The minimum Gasteiger partial charge on any atom is -0.310 e. The van der Waals surface area contributed by atoms with Gasteiger partial charge >= 0.3 is 0 Å². The van der Waals surface area contributed by atoms with E-state index in [0.717, 1.165) is 24.9 Å². The standard InChI is InChI=1S/C13H13ClN4O/c14-7-3-4-8-17-11-6-2-1-5-10(11)12(19)18-13(17)15-9-16-18/h1-2,5-6,9H,3-4,7-8H2. The van der Waals surface area contributed by atoms with Crippen LogP contribution in [0.5, 0.6) is 0 Å². The highest BCUT2D eigenvalue weighted by molar-refractivity contribution is 6.17. The second-order valence-corrected chi connectivity index (χ2v) is 4.72. The Morgan fingerprint density at radius 1 is 1.21 bits per heavy atom. The van der Waals surface area contributed by atoms with Crippen LogP contribution in [-0.2, 0) is 6.54 Å². The minimum atomic E-state index is -0.128. The molecule has 0 atom stereocenters. The van der Waals surface area contributed by atoms with Gasteiger partial charge in [-0.2, -0.15) is 14.6 Å². The van der Waals surface area contributed by atoms with Gasteiger partial charge in [0.25, 0.3) is 5.56 Å². The van der Waals surface area contributed by atoms with E-state index in [1.807, 2.05) is 28.8 Å². The molecule has 3 aromatic rings. The third kappa shape index (κ3) is 2.00. The predicted molar refractivity (Wildman–Crippen MR) is 74.7 cm³/mol. The van der Waals surface area contributed by atoms with Gasteiger partial charge in [-0.15, -0.1) is 11.6 Å². The number of aryl methyl sites for hydroxylation is 1. The van der Waals surface area contributed by atoms with E-state index in [-0.39, 0.29) is 5.56 Å². The first-order valence-corrected chi connectivity index (χ1v) is 6.73. The molecular formula is C13H13ClN4O. The summed E-state index contributed by atoms with van der Waals surface area (Å²) in [6.45, 7) is 0.774. The molecule has 0 aliphatic carbocycles. The van der Waals surface area contributed by atoms with Crippen LogP contribution >= 0.6 is 11.6 Å². The van der Waals surface area contributed by atoms with Crippen LogP contribution in [0.15, 0.2) is 35.4 Å². The van der Waals surface area contributed by atoms with E-state index >= 15 is 0 Å². The average Bonchev–Trinajstić information content (AvgIpc) is 2.92. The Kier molecular flexibility index (Phi) is 3.21. The van der Waals surface area contributed by atoms with E-state index in [2.05, 4.69) is 10.1 Å². The lowest BCUT2D eigenvalue weighted by Crippen LogP contribution is -2.20. The SMILES string of the molecule is O=c1c2ccccc2n(CCCCCl)c2ncnn12. The highest BCUT2D eigenvalue weighted by Crippen LogP contribution is 2.13. The lowest BCUT2D eigenvalue weighted by Gasteiger charge is -2.11. The van der Waals surface area contributed by atoms with E-state index in [4.69, 9.17) is 11.6 Å². The van der Waals surface area contributed by atoms with Crippen molar-refractivity contribution in [3.8, 4) is 0 Å². The summed E-state index contributed by atoms with van der Waals surface area (Å²) < 4.78 is 3.37. The summed E-state index contributed by atoms with van der Waals surface area (Å²) in [5, 5.41) is 4.66. The summed E-state index contributed by atoms with van der Waals surface area (Å²) in [6.07, 6.45) is 3.29. The zero-order valence-electron chi connectivity index (χ0n) is 10.3. The van der Waals surface area contributed by atoms with E-state index in [1.165, 1.54) is 10.8 Å². The van der Waals surface area contributed by atoms with Crippen LogP contribution in [0.4, 0.5) is 0 Å². The third-order valence-electron chi connectivity index (χ3n) is 3.15. The number of hydrogen-bond acceptors (Lipinski definition) is 3. The summed E-state index contributed by atoms with van der Waals surface area (Å²) in [7, 11) is 0. The first-order chi connectivity index (χ1) is 9.33. The second kappa shape index (κ2) is 5.01. The van der Waals surface area contributed by atoms with Crippen LogP contribution in [0.2, 0.25) is 0 Å². The van der Waals surface area contributed by atoms with Gasteiger partial charge in [0.2, 0.25) is 5.78 Å². The molecule has 0 spiro atoms. The lowest BCUT2D eigenvalue weighted by atomic mass is 10.2. The summed E-state index contributed by atoms with van der Waals surface area (Å²) in [5.41, 5.74) is 0.763. The normalized spacial score (nSPS) is 11.4. The molecule has 0 aliphatic rings. The lowest BCUT2D eigenvalue weighted by molar-refractivity contribution is 0.646. The molecule has 0 bridgehead atoms. The molecule has 19 heavy (non-hydrogen) atoms. The van der Waals surface area contributed by atoms with Crippen molar-refractivity contribution in [3.05, 3.63) is 40.9 Å². The Balaban J connectivity index is 2.27. The topological polar surface area (TPSA) is 52.2 Å². The summed E-state index contributed by atoms with van der Waals surface area (Å²) >= 11 is 5.72. The van der Waals surface area contributed by atoms with Gasteiger partial charge in [0, 0.05) is 12.4 Å². The first kappa shape index (κ1) is 12.2. The van der Waals surface area contributed by atoms with Crippen LogP contribution in [0.1, 0.15) is 12.8 Å². The van der Waals surface area contributed by atoms with Crippen molar-refractivity contribution in [2.24, 2.45) is 0 Å². The summed E-state index contributed by atoms with van der Waals surface area (Å²) in [4.78, 5) is 16.4. The number of alkyl halides is 1. The average molecular weight is 277 g/mol. The number of para-hydroxylation sites is 1. The van der Waals surface area contributed by atoms with Crippen LogP contribution in [-0.4, -0.2) is 25.0 Å². The molecule has 0 radical (unpaired) electrons. The van der Waals surface area contributed by atoms with Crippen molar-refractivity contribution in [1.29, 1.82) is 0 Å². The minimum absolute atomic E-state index is 0.128. The molecule has 0 saturated carbocycles. The molecule has 3 rings (SSSR count). The fourth-order valence-corrected chi connectivity index (χ4v) is 2.45. The Labute approximate surface area is 114 Å². The number of benzene rings is 1. The molecule has 1 aromatic carbocycles. The van der Waals surface area contributed by atoms with Crippen LogP contribution in [0.25, 0.3) is 16.7 Å². The Morgan fingerprint density at radius 3 is 2.89 bits per heavy atom. The van der Waals surface area contributed by atoms with Gasteiger partial charge in [0.1, 0.15) is 6.33 Å².